The molecule has 9 heteroatoms. The summed E-state index contributed by atoms with van der Waals surface area (Å²) in [5.74, 6) is -0.530. The SMILES string of the molecule is COc1cc(C(=O)O)ccc1Cn1ncc2ccc(NC(=O)OC3CCCC3)cc21.[H-].[Na+]. The second kappa shape index (κ2) is 10.2. The van der Waals surface area contributed by atoms with Gasteiger partial charge in [-0.05, 0) is 56.0 Å². The number of aromatic carboxylic acids is 1. The first-order chi connectivity index (χ1) is 14.5. The maximum atomic E-state index is 12.2. The van der Waals surface area contributed by atoms with Crippen LogP contribution in [0.3, 0.4) is 0 Å². The smallest absolute Gasteiger partial charge is 1.00 e. The van der Waals surface area contributed by atoms with Crippen molar-refractivity contribution in [2.45, 2.75) is 38.3 Å². The maximum absolute atomic E-state index is 12.2. The summed E-state index contributed by atoms with van der Waals surface area (Å²) in [5.41, 5.74) is 2.41. The molecule has 0 spiro atoms. The zero-order chi connectivity index (χ0) is 21.1. The van der Waals surface area contributed by atoms with Gasteiger partial charge in [0.1, 0.15) is 11.9 Å². The monoisotopic (exact) mass is 433 g/mol. The van der Waals surface area contributed by atoms with Gasteiger partial charge >= 0.3 is 41.6 Å². The van der Waals surface area contributed by atoms with E-state index in [1.807, 2.05) is 18.2 Å². The fourth-order valence-electron chi connectivity index (χ4n) is 3.75. The van der Waals surface area contributed by atoms with Crippen LogP contribution in [0.1, 0.15) is 43.0 Å². The van der Waals surface area contributed by atoms with Crippen LogP contribution in [-0.2, 0) is 11.3 Å². The van der Waals surface area contributed by atoms with E-state index in [4.69, 9.17) is 14.6 Å². The van der Waals surface area contributed by atoms with Crippen LogP contribution in [-0.4, -0.2) is 40.2 Å². The first-order valence-electron chi connectivity index (χ1n) is 9.87. The van der Waals surface area contributed by atoms with E-state index in [-0.39, 0.29) is 42.7 Å². The molecule has 1 fully saturated rings. The Morgan fingerprint density at radius 3 is 2.71 bits per heavy atom. The summed E-state index contributed by atoms with van der Waals surface area (Å²) < 4.78 is 12.6. The van der Waals surface area contributed by atoms with Gasteiger partial charge in [-0.3, -0.25) is 10.00 Å². The summed E-state index contributed by atoms with van der Waals surface area (Å²) in [6, 6.07) is 10.3. The molecule has 0 unspecified atom stereocenters. The topological polar surface area (TPSA) is 103 Å². The number of rotatable bonds is 6. The molecule has 2 aromatic carbocycles. The third-order valence-corrected chi connectivity index (χ3v) is 5.32. The Labute approximate surface area is 203 Å². The van der Waals surface area contributed by atoms with Crippen LogP contribution in [0.2, 0.25) is 0 Å². The van der Waals surface area contributed by atoms with Crippen LogP contribution >= 0.6 is 0 Å². The number of carboxylic acid groups (broad SMARTS) is 1. The van der Waals surface area contributed by atoms with Crippen LogP contribution in [0.15, 0.2) is 42.6 Å². The van der Waals surface area contributed by atoms with Gasteiger partial charge in [-0.15, -0.1) is 0 Å². The minimum absolute atomic E-state index is 0. The van der Waals surface area contributed by atoms with Gasteiger partial charge in [-0.25, -0.2) is 9.59 Å². The molecule has 0 saturated heterocycles. The molecule has 1 aliphatic rings. The third kappa shape index (κ3) is 5.39. The van der Waals surface area contributed by atoms with Crippen molar-refractivity contribution in [3.8, 4) is 5.75 Å². The number of carboxylic acids is 1. The number of hydrogen-bond donors (Lipinski definition) is 2. The van der Waals surface area contributed by atoms with E-state index in [1.54, 1.807) is 16.9 Å². The van der Waals surface area contributed by atoms with Gasteiger partial charge in [0.2, 0.25) is 0 Å². The molecule has 0 aliphatic heterocycles. The summed E-state index contributed by atoms with van der Waals surface area (Å²) in [6.07, 6.45) is 5.33. The minimum atomic E-state index is -1.01. The minimum Gasteiger partial charge on any atom is -1.00 e. The van der Waals surface area contributed by atoms with Crippen LogP contribution in [0.25, 0.3) is 10.9 Å². The van der Waals surface area contributed by atoms with Crippen molar-refractivity contribution in [2.75, 3.05) is 12.4 Å². The molecule has 0 atom stereocenters. The van der Waals surface area contributed by atoms with Crippen molar-refractivity contribution in [2.24, 2.45) is 0 Å². The Bertz CT molecular complexity index is 1100. The van der Waals surface area contributed by atoms with E-state index < -0.39 is 12.1 Å². The molecule has 31 heavy (non-hydrogen) atoms. The van der Waals surface area contributed by atoms with Gasteiger partial charge in [-0.2, -0.15) is 5.10 Å². The number of nitrogens with zero attached hydrogens (tertiary/aromatic N) is 2. The number of fused-ring (bicyclic) bond motifs is 1. The molecule has 1 amide bonds. The van der Waals surface area contributed by atoms with Crippen LogP contribution in [0.4, 0.5) is 10.5 Å². The zero-order valence-corrected chi connectivity index (χ0v) is 19.6. The van der Waals surface area contributed by atoms with Crippen molar-refractivity contribution >= 4 is 28.7 Å². The predicted octanol–water partition coefficient (Wildman–Crippen LogP) is 1.40. The molecule has 4 rings (SSSR count). The van der Waals surface area contributed by atoms with Gasteiger partial charge in [0, 0.05) is 16.6 Å². The Balaban J connectivity index is 0.00000181. The number of carbonyl (C=O) groups is 2. The zero-order valence-electron chi connectivity index (χ0n) is 18.6. The molecule has 2 N–H and O–H groups in total. The molecule has 1 aliphatic carbocycles. The largest absolute Gasteiger partial charge is 1.00 e. The number of methoxy groups -OCH3 is 1. The Morgan fingerprint density at radius 1 is 1.23 bits per heavy atom. The third-order valence-electron chi connectivity index (χ3n) is 5.32. The predicted molar refractivity (Wildman–Crippen MR) is 112 cm³/mol. The number of carbonyl (C=O) groups excluding carboxylic acids is 1. The van der Waals surface area contributed by atoms with Crippen LogP contribution < -0.4 is 39.6 Å². The molecule has 3 aromatic rings. The number of nitrogens with one attached hydrogen (secondary N) is 1. The molecule has 0 bridgehead atoms. The number of aromatic nitrogens is 2. The van der Waals surface area contributed by atoms with Gasteiger partial charge in [0.25, 0.3) is 0 Å². The first kappa shape index (κ1) is 23.1. The second-order valence-electron chi connectivity index (χ2n) is 7.34. The molecular weight excluding hydrogens is 409 g/mol. The fraction of sp³-hybridized carbons (Fsp3) is 0.318. The molecule has 1 heterocycles. The number of anilines is 1. The van der Waals surface area contributed by atoms with Crippen molar-refractivity contribution in [1.82, 2.24) is 9.78 Å². The number of amides is 1. The molecule has 1 aromatic heterocycles. The Hall–Kier alpha value is -2.55. The van der Waals surface area contributed by atoms with Crippen molar-refractivity contribution in [1.29, 1.82) is 0 Å². The average Bonchev–Trinajstić information content (AvgIpc) is 3.38. The molecule has 0 radical (unpaired) electrons. The summed E-state index contributed by atoms with van der Waals surface area (Å²) in [4.78, 5) is 23.4. The van der Waals surface area contributed by atoms with Crippen molar-refractivity contribution in [3.05, 3.63) is 53.7 Å². The summed E-state index contributed by atoms with van der Waals surface area (Å²) >= 11 is 0. The van der Waals surface area contributed by atoms with Gasteiger partial charge < -0.3 is 16.0 Å². The van der Waals surface area contributed by atoms with E-state index in [9.17, 15) is 9.59 Å². The fourth-order valence-corrected chi connectivity index (χ4v) is 3.75. The first-order valence-corrected chi connectivity index (χ1v) is 9.87. The van der Waals surface area contributed by atoms with Crippen molar-refractivity contribution < 1.29 is 55.2 Å². The van der Waals surface area contributed by atoms with E-state index >= 15 is 0 Å². The van der Waals surface area contributed by atoms with E-state index in [2.05, 4.69) is 10.4 Å². The average molecular weight is 433 g/mol. The summed E-state index contributed by atoms with van der Waals surface area (Å²) in [6.45, 7) is 0.391. The molecule has 1 saturated carbocycles. The summed E-state index contributed by atoms with van der Waals surface area (Å²) in [7, 11) is 1.50. The maximum Gasteiger partial charge on any atom is 1.00 e. The van der Waals surface area contributed by atoms with Gasteiger partial charge in [0.15, 0.2) is 0 Å². The van der Waals surface area contributed by atoms with Crippen LogP contribution in [0, 0.1) is 0 Å². The van der Waals surface area contributed by atoms with Crippen LogP contribution in [0.5, 0.6) is 5.75 Å². The van der Waals surface area contributed by atoms with E-state index in [0.717, 1.165) is 42.1 Å². The van der Waals surface area contributed by atoms with E-state index in [0.29, 0.717) is 18.0 Å². The summed E-state index contributed by atoms with van der Waals surface area (Å²) in [5, 5.41) is 17.3. The van der Waals surface area contributed by atoms with Gasteiger partial charge in [0.05, 0.1) is 30.9 Å². The quantitative estimate of drug-likeness (QED) is 0.570. The molecule has 8 nitrogen and oxygen atoms in total. The molecule has 158 valence electrons. The van der Waals surface area contributed by atoms with Gasteiger partial charge in [-0.1, -0.05) is 6.07 Å². The molecular formula is C22H24N3NaO5. The second-order valence-corrected chi connectivity index (χ2v) is 7.34. The number of hydrogen-bond acceptors (Lipinski definition) is 5. The number of benzene rings is 2. The van der Waals surface area contributed by atoms with E-state index in [1.165, 1.54) is 19.2 Å². The Kier molecular flexibility index (Phi) is 7.59. The van der Waals surface area contributed by atoms with Crippen molar-refractivity contribution in [3.63, 3.8) is 0 Å². The standard InChI is InChI=1S/C22H23N3O5.Na.H/c1-29-20-10-14(21(26)27)6-7-16(20)13-25-19-11-17(9-8-15(19)12-23-25)24-22(28)30-18-4-2-3-5-18;;/h6-12,18H,2-5,13H2,1H3,(H,24,28)(H,26,27);;/q;+1;-1. The Morgan fingerprint density at radius 2 is 2.00 bits per heavy atom. The number of ether oxygens (including phenoxy) is 2. The normalized spacial score (nSPS) is 13.6.